The van der Waals surface area contributed by atoms with Crippen molar-refractivity contribution in [2.24, 2.45) is 5.73 Å². The molecule has 0 aromatic heterocycles. The van der Waals surface area contributed by atoms with E-state index < -0.39 is 12.0 Å². The highest BCUT2D eigenvalue weighted by atomic mass is 16.5. The van der Waals surface area contributed by atoms with E-state index in [1.807, 2.05) is 0 Å². The van der Waals surface area contributed by atoms with Gasteiger partial charge >= 0.3 is 5.97 Å². The van der Waals surface area contributed by atoms with E-state index in [0.29, 0.717) is 17.0 Å². The number of carbonyl (C=O) groups excluding carboxylic acids is 2. The Morgan fingerprint density at radius 3 is 2.90 bits per heavy atom. The van der Waals surface area contributed by atoms with Crippen LogP contribution < -0.4 is 15.8 Å². The van der Waals surface area contributed by atoms with Gasteiger partial charge in [0.2, 0.25) is 0 Å². The van der Waals surface area contributed by atoms with Crippen LogP contribution in [0, 0.1) is 0 Å². The van der Waals surface area contributed by atoms with Crippen molar-refractivity contribution in [1.82, 2.24) is 0 Å². The molecule has 7 heteroatoms. The Morgan fingerprint density at radius 1 is 1.45 bits per heavy atom. The number of ether oxygens (including phenoxy) is 1. The Hall–Kier alpha value is -2.41. The molecule has 0 saturated carbocycles. The Bertz CT molecular complexity index is 570. The average Bonchev–Trinajstić information content (AvgIpc) is 2.43. The molecule has 1 amide bonds. The molecule has 0 aliphatic carbocycles. The maximum atomic E-state index is 12.1. The molecule has 1 aromatic carbocycles. The normalized spacial score (nSPS) is 14.8. The van der Waals surface area contributed by atoms with E-state index in [1.165, 1.54) is 6.07 Å². The number of benzene rings is 1. The van der Waals surface area contributed by atoms with Crippen LogP contribution >= 0.6 is 0 Å². The summed E-state index contributed by atoms with van der Waals surface area (Å²) in [5.74, 6) is -1.18. The van der Waals surface area contributed by atoms with Crippen molar-refractivity contribution in [1.29, 1.82) is 0 Å². The van der Waals surface area contributed by atoms with Crippen LogP contribution in [-0.2, 0) is 9.59 Å². The summed E-state index contributed by atoms with van der Waals surface area (Å²) in [5.41, 5.74) is 6.40. The van der Waals surface area contributed by atoms with Crippen LogP contribution in [0.2, 0.25) is 0 Å². The van der Waals surface area contributed by atoms with E-state index in [1.54, 1.807) is 12.1 Å². The highest BCUT2D eigenvalue weighted by Crippen LogP contribution is 2.28. The van der Waals surface area contributed by atoms with Crippen LogP contribution in [0.25, 0.3) is 0 Å². The number of ketones is 1. The number of amides is 1. The third-order valence-electron chi connectivity index (χ3n) is 2.90. The van der Waals surface area contributed by atoms with E-state index in [4.69, 9.17) is 15.6 Å². The Kier molecular flexibility index (Phi) is 3.99. The Labute approximate surface area is 114 Å². The molecule has 4 N–H and O–H groups in total. The smallest absolute Gasteiger partial charge is 0.303 e. The van der Waals surface area contributed by atoms with Crippen molar-refractivity contribution >= 4 is 23.3 Å². The van der Waals surface area contributed by atoms with Crippen molar-refractivity contribution in [3.05, 3.63) is 23.8 Å². The lowest BCUT2D eigenvalue weighted by Gasteiger charge is -2.19. The number of aliphatic carboxylic acids is 1. The van der Waals surface area contributed by atoms with Gasteiger partial charge in [-0.2, -0.15) is 0 Å². The van der Waals surface area contributed by atoms with Gasteiger partial charge in [0.25, 0.3) is 5.91 Å². The number of carboxylic acid groups (broad SMARTS) is 1. The minimum absolute atomic E-state index is 0.0571. The molecule has 106 valence electrons. The van der Waals surface area contributed by atoms with Crippen molar-refractivity contribution < 1.29 is 24.2 Å². The van der Waals surface area contributed by atoms with Crippen LogP contribution in [0.4, 0.5) is 5.69 Å². The fourth-order valence-electron chi connectivity index (χ4n) is 1.86. The quantitative estimate of drug-likeness (QED) is 0.670. The zero-order valence-corrected chi connectivity index (χ0v) is 10.6. The number of nitrogens with one attached hydrogen (secondary N) is 1. The number of rotatable bonds is 5. The molecule has 1 aliphatic heterocycles. The van der Waals surface area contributed by atoms with Gasteiger partial charge in [-0.25, -0.2) is 0 Å². The predicted octanol–water partition coefficient (Wildman–Crippen LogP) is 0.392. The first-order valence-electron chi connectivity index (χ1n) is 6.05. The summed E-state index contributed by atoms with van der Waals surface area (Å²) >= 11 is 0. The van der Waals surface area contributed by atoms with Crippen molar-refractivity contribution in [3.63, 3.8) is 0 Å². The predicted molar refractivity (Wildman–Crippen MR) is 69.7 cm³/mol. The van der Waals surface area contributed by atoms with Crippen LogP contribution in [-0.4, -0.2) is 35.4 Å². The lowest BCUT2D eigenvalue weighted by molar-refractivity contribution is -0.137. The number of Topliss-reactive ketones (excluding diaryl/α,β-unsaturated/α-hetero) is 1. The standard InChI is InChI=1S/C13H14N2O5/c14-8(2-4-12(17)18)13(19)7-1-3-10-9(5-7)15-11(16)6-20-10/h1,3,5,8H,2,4,6,14H2,(H,15,16)(H,17,18). The van der Waals surface area contributed by atoms with E-state index in [2.05, 4.69) is 5.32 Å². The molecule has 0 bridgehead atoms. The fraction of sp³-hybridized carbons (Fsp3) is 0.308. The highest BCUT2D eigenvalue weighted by Gasteiger charge is 2.21. The first kappa shape index (κ1) is 14.0. The molecule has 1 aromatic rings. The zero-order valence-electron chi connectivity index (χ0n) is 10.6. The summed E-state index contributed by atoms with van der Waals surface area (Å²) in [7, 11) is 0. The molecule has 1 aliphatic rings. The van der Waals surface area contributed by atoms with Gasteiger partial charge in [-0.3, -0.25) is 14.4 Å². The second kappa shape index (κ2) is 5.70. The SMILES string of the molecule is NC(CCC(=O)O)C(=O)c1ccc2c(c1)NC(=O)CO2. The average molecular weight is 278 g/mol. The third kappa shape index (κ3) is 3.12. The minimum Gasteiger partial charge on any atom is -0.482 e. The Balaban J connectivity index is 2.12. The van der Waals surface area contributed by atoms with E-state index in [9.17, 15) is 14.4 Å². The molecular weight excluding hydrogens is 264 g/mol. The second-order valence-corrected chi connectivity index (χ2v) is 4.45. The lowest BCUT2D eigenvalue weighted by atomic mass is 10.00. The Morgan fingerprint density at radius 2 is 2.20 bits per heavy atom. The monoisotopic (exact) mass is 278 g/mol. The molecule has 20 heavy (non-hydrogen) atoms. The van der Waals surface area contributed by atoms with Gasteiger partial charge in [0.15, 0.2) is 12.4 Å². The minimum atomic E-state index is -1.00. The number of anilines is 1. The molecular formula is C13H14N2O5. The summed E-state index contributed by atoms with van der Waals surface area (Å²) in [6.07, 6.45) is -0.105. The third-order valence-corrected chi connectivity index (χ3v) is 2.90. The summed E-state index contributed by atoms with van der Waals surface area (Å²) in [6, 6.07) is 3.71. The van der Waals surface area contributed by atoms with Gasteiger partial charge in [0.1, 0.15) is 5.75 Å². The zero-order chi connectivity index (χ0) is 14.7. The van der Waals surface area contributed by atoms with Crippen LogP contribution in [0.5, 0.6) is 5.75 Å². The van der Waals surface area contributed by atoms with Gasteiger partial charge < -0.3 is 20.9 Å². The molecule has 1 atom stereocenters. The van der Waals surface area contributed by atoms with Crippen LogP contribution in [0.1, 0.15) is 23.2 Å². The second-order valence-electron chi connectivity index (χ2n) is 4.45. The summed E-state index contributed by atoms with van der Waals surface area (Å²) in [5, 5.41) is 11.2. The molecule has 0 spiro atoms. The number of hydrogen-bond acceptors (Lipinski definition) is 5. The van der Waals surface area contributed by atoms with Gasteiger partial charge in [0.05, 0.1) is 11.7 Å². The molecule has 2 rings (SSSR count). The highest BCUT2D eigenvalue weighted by molar-refractivity contribution is 6.03. The maximum Gasteiger partial charge on any atom is 0.303 e. The summed E-state index contributed by atoms with van der Waals surface area (Å²) in [6.45, 7) is -0.0571. The topological polar surface area (TPSA) is 119 Å². The molecule has 7 nitrogen and oxygen atoms in total. The van der Waals surface area contributed by atoms with Gasteiger partial charge in [-0.15, -0.1) is 0 Å². The lowest BCUT2D eigenvalue weighted by Crippen LogP contribution is -2.31. The van der Waals surface area contributed by atoms with E-state index in [0.717, 1.165) is 0 Å². The number of fused-ring (bicyclic) bond motifs is 1. The molecule has 0 radical (unpaired) electrons. The molecule has 0 fully saturated rings. The first-order chi connectivity index (χ1) is 9.47. The van der Waals surface area contributed by atoms with Gasteiger partial charge in [-0.1, -0.05) is 0 Å². The molecule has 1 unspecified atom stereocenters. The summed E-state index contributed by atoms with van der Waals surface area (Å²) < 4.78 is 5.18. The van der Waals surface area contributed by atoms with E-state index >= 15 is 0 Å². The number of nitrogens with two attached hydrogens (primary N) is 1. The molecule has 1 heterocycles. The maximum absolute atomic E-state index is 12.1. The van der Waals surface area contributed by atoms with Crippen LogP contribution in [0.15, 0.2) is 18.2 Å². The summed E-state index contributed by atoms with van der Waals surface area (Å²) in [4.78, 5) is 33.7. The van der Waals surface area contributed by atoms with Crippen molar-refractivity contribution in [3.8, 4) is 5.75 Å². The first-order valence-corrected chi connectivity index (χ1v) is 6.05. The number of carbonyl (C=O) groups is 3. The van der Waals surface area contributed by atoms with Crippen LogP contribution in [0.3, 0.4) is 0 Å². The molecule has 0 saturated heterocycles. The van der Waals surface area contributed by atoms with Gasteiger partial charge in [-0.05, 0) is 24.6 Å². The van der Waals surface area contributed by atoms with E-state index in [-0.39, 0.29) is 31.1 Å². The number of carboxylic acids is 1. The van der Waals surface area contributed by atoms with Crippen molar-refractivity contribution in [2.45, 2.75) is 18.9 Å². The van der Waals surface area contributed by atoms with Crippen molar-refractivity contribution in [2.75, 3.05) is 11.9 Å². The fourth-order valence-corrected chi connectivity index (χ4v) is 1.86. The largest absolute Gasteiger partial charge is 0.482 e. The van der Waals surface area contributed by atoms with Gasteiger partial charge in [0, 0.05) is 12.0 Å². The number of hydrogen-bond donors (Lipinski definition) is 3.